The van der Waals surface area contributed by atoms with Crippen molar-refractivity contribution in [2.45, 2.75) is 25.8 Å². The van der Waals surface area contributed by atoms with Gasteiger partial charge in [0.15, 0.2) is 0 Å². The first-order valence-electron chi connectivity index (χ1n) is 6.10. The van der Waals surface area contributed by atoms with Crippen LogP contribution in [0.3, 0.4) is 0 Å². The Labute approximate surface area is 107 Å². The minimum Gasteiger partial charge on any atom is -0.337 e. The average molecular weight is 248 g/mol. The molecule has 0 bridgehead atoms. The fraction of sp³-hybridized carbons (Fsp3) is 0.500. The number of hydrogen-bond acceptors (Lipinski definition) is 4. The number of nitrogens with one attached hydrogen (secondary N) is 1. The number of aryl methyl sites for hydroxylation is 3. The molecule has 0 spiro atoms. The Balaban J connectivity index is 2.20. The molecular formula is C12H20N6. The van der Waals surface area contributed by atoms with Crippen molar-refractivity contribution in [3.8, 4) is 0 Å². The van der Waals surface area contributed by atoms with Crippen molar-refractivity contribution < 1.29 is 0 Å². The van der Waals surface area contributed by atoms with Crippen molar-refractivity contribution in [3.63, 3.8) is 0 Å². The molecule has 0 aliphatic carbocycles. The van der Waals surface area contributed by atoms with Crippen molar-refractivity contribution in [3.05, 3.63) is 35.7 Å². The minimum absolute atomic E-state index is 0.00916. The lowest BCUT2D eigenvalue weighted by molar-refractivity contribution is 0.492. The Bertz CT molecular complexity index is 512. The van der Waals surface area contributed by atoms with Crippen LogP contribution < -0.4 is 11.3 Å². The lowest BCUT2D eigenvalue weighted by atomic mass is 10.1. The normalized spacial score (nSPS) is 12.9. The molecule has 3 N–H and O–H groups in total. The molecule has 0 fully saturated rings. The van der Waals surface area contributed by atoms with Gasteiger partial charge in [0.2, 0.25) is 0 Å². The van der Waals surface area contributed by atoms with Gasteiger partial charge in [-0.3, -0.25) is 10.5 Å². The Hall–Kier alpha value is -1.66. The number of nitrogens with two attached hydrogens (primary N) is 1. The number of imidazole rings is 1. The fourth-order valence-corrected chi connectivity index (χ4v) is 2.08. The van der Waals surface area contributed by atoms with Gasteiger partial charge in [0.25, 0.3) is 0 Å². The molecule has 0 aromatic carbocycles. The maximum absolute atomic E-state index is 5.64. The summed E-state index contributed by atoms with van der Waals surface area (Å²) in [5.41, 5.74) is 5.07. The van der Waals surface area contributed by atoms with E-state index in [-0.39, 0.29) is 6.04 Å². The van der Waals surface area contributed by atoms with Gasteiger partial charge in [-0.05, 0) is 12.5 Å². The summed E-state index contributed by atoms with van der Waals surface area (Å²) >= 11 is 0. The molecular weight excluding hydrogens is 228 g/mol. The molecule has 0 radical (unpaired) electrons. The highest BCUT2D eigenvalue weighted by molar-refractivity contribution is 5.13. The Morgan fingerprint density at radius 1 is 1.44 bits per heavy atom. The van der Waals surface area contributed by atoms with Crippen LogP contribution in [0.2, 0.25) is 0 Å². The number of hydrazine groups is 1. The molecule has 2 aromatic heterocycles. The second kappa shape index (κ2) is 5.32. The molecule has 2 aromatic rings. The Morgan fingerprint density at radius 3 is 2.72 bits per heavy atom. The summed E-state index contributed by atoms with van der Waals surface area (Å²) in [5, 5.41) is 4.44. The highest BCUT2D eigenvalue weighted by Gasteiger charge is 2.17. The lowest BCUT2D eigenvalue weighted by Gasteiger charge is -2.15. The predicted octanol–water partition coefficient (Wildman–Crippen LogP) is 0.463. The zero-order valence-corrected chi connectivity index (χ0v) is 11.1. The van der Waals surface area contributed by atoms with E-state index in [4.69, 9.17) is 5.84 Å². The van der Waals surface area contributed by atoms with Crippen LogP contribution >= 0.6 is 0 Å². The van der Waals surface area contributed by atoms with E-state index >= 15 is 0 Å². The number of nitrogens with zero attached hydrogens (tertiary/aromatic N) is 4. The van der Waals surface area contributed by atoms with E-state index in [1.165, 1.54) is 0 Å². The molecule has 0 saturated carbocycles. The number of hydrogen-bond donors (Lipinski definition) is 2. The predicted molar refractivity (Wildman–Crippen MR) is 69.6 cm³/mol. The van der Waals surface area contributed by atoms with Gasteiger partial charge < -0.3 is 4.57 Å². The maximum Gasteiger partial charge on any atom is 0.127 e. The Morgan fingerprint density at radius 2 is 2.22 bits per heavy atom. The Kier molecular flexibility index (Phi) is 3.78. The topological polar surface area (TPSA) is 73.7 Å². The van der Waals surface area contributed by atoms with E-state index in [9.17, 15) is 0 Å². The second-order valence-corrected chi connectivity index (χ2v) is 4.42. The van der Waals surface area contributed by atoms with Crippen molar-refractivity contribution in [1.82, 2.24) is 24.8 Å². The van der Waals surface area contributed by atoms with Crippen molar-refractivity contribution >= 4 is 0 Å². The smallest absolute Gasteiger partial charge is 0.127 e. The van der Waals surface area contributed by atoms with E-state index < -0.39 is 0 Å². The highest BCUT2D eigenvalue weighted by Crippen LogP contribution is 2.16. The third-order valence-electron chi connectivity index (χ3n) is 3.17. The SMILES string of the molecule is CCc1cc(CC(NN)c2nccn2C)n(C)n1. The van der Waals surface area contributed by atoms with Crippen LogP contribution in [0.4, 0.5) is 0 Å². The van der Waals surface area contributed by atoms with Gasteiger partial charge in [-0.1, -0.05) is 6.92 Å². The molecule has 18 heavy (non-hydrogen) atoms. The summed E-state index contributed by atoms with van der Waals surface area (Å²) in [6.07, 6.45) is 5.41. The van der Waals surface area contributed by atoms with Crippen molar-refractivity contribution in [2.24, 2.45) is 19.9 Å². The summed E-state index contributed by atoms with van der Waals surface area (Å²) in [7, 11) is 3.92. The summed E-state index contributed by atoms with van der Waals surface area (Å²) in [4.78, 5) is 4.33. The second-order valence-electron chi connectivity index (χ2n) is 4.42. The molecule has 0 amide bonds. The lowest BCUT2D eigenvalue weighted by Crippen LogP contribution is -2.32. The van der Waals surface area contributed by atoms with E-state index in [2.05, 4.69) is 28.5 Å². The van der Waals surface area contributed by atoms with Crippen LogP contribution in [0.5, 0.6) is 0 Å². The average Bonchev–Trinajstić information content (AvgIpc) is 2.93. The first-order valence-corrected chi connectivity index (χ1v) is 6.10. The molecule has 0 saturated heterocycles. The van der Waals surface area contributed by atoms with E-state index in [0.29, 0.717) is 0 Å². The number of aromatic nitrogens is 4. The van der Waals surface area contributed by atoms with Crippen LogP contribution in [0.25, 0.3) is 0 Å². The van der Waals surface area contributed by atoms with Gasteiger partial charge >= 0.3 is 0 Å². The zero-order chi connectivity index (χ0) is 13.1. The molecule has 6 heteroatoms. The first kappa shape index (κ1) is 12.8. The van der Waals surface area contributed by atoms with Crippen LogP contribution in [0, 0.1) is 0 Å². The quantitative estimate of drug-likeness (QED) is 0.595. The number of rotatable bonds is 5. The molecule has 0 aliphatic heterocycles. The van der Waals surface area contributed by atoms with Crippen molar-refractivity contribution in [2.75, 3.05) is 0 Å². The zero-order valence-electron chi connectivity index (χ0n) is 11.1. The molecule has 0 aliphatic rings. The van der Waals surface area contributed by atoms with Crippen LogP contribution in [0.1, 0.15) is 30.2 Å². The first-order chi connectivity index (χ1) is 8.65. The third-order valence-corrected chi connectivity index (χ3v) is 3.17. The fourth-order valence-electron chi connectivity index (χ4n) is 2.08. The van der Waals surface area contributed by atoms with E-state index in [1.807, 2.05) is 29.5 Å². The van der Waals surface area contributed by atoms with Crippen LogP contribution in [-0.4, -0.2) is 19.3 Å². The summed E-state index contributed by atoms with van der Waals surface area (Å²) in [5.74, 6) is 6.56. The van der Waals surface area contributed by atoms with E-state index in [0.717, 1.165) is 30.1 Å². The van der Waals surface area contributed by atoms with E-state index in [1.54, 1.807) is 6.20 Å². The van der Waals surface area contributed by atoms with Gasteiger partial charge in [-0.25, -0.2) is 10.4 Å². The van der Waals surface area contributed by atoms with Crippen molar-refractivity contribution in [1.29, 1.82) is 0 Å². The van der Waals surface area contributed by atoms with Gasteiger partial charge in [-0.2, -0.15) is 5.10 Å². The van der Waals surface area contributed by atoms with Gasteiger partial charge in [0.1, 0.15) is 5.82 Å². The molecule has 2 heterocycles. The van der Waals surface area contributed by atoms with Gasteiger partial charge in [0.05, 0.1) is 11.7 Å². The molecule has 6 nitrogen and oxygen atoms in total. The molecule has 98 valence electrons. The maximum atomic E-state index is 5.64. The van der Waals surface area contributed by atoms with Gasteiger partial charge in [-0.15, -0.1) is 0 Å². The molecule has 1 atom stereocenters. The van der Waals surface area contributed by atoms with Crippen LogP contribution in [0.15, 0.2) is 18.5 Å². The monoisotopic (exact) mass is 248 g/mol. The van der Waals surface area contributed by atoms with Crippen LogP contribution in [-0.2, 0) is 26.9 Å². The summed E-state index contributed by atoms with van der Waals surface area (Å²) in [6, 6.07) is 2.11. The van der Waals surface area contributed by atoms with Gasteiger partial charge in [0, 0.05) is 38.6 Å². The standard InChI is InChI=1S/C12H20N6/c1-4-9-7-10(18(3)16-9)8-11(15-13)12-14-5-6-17(12)2/h5-7,11,15H,4,8,13H2,1-3H3. The largest absolute Gasteiger partial charge is 0.337 e. The highest BCUT2D eigenvalue weighted by atomic mass is 15.3. The summed E-state index contributed by atoms with van der Waals surface area (Å²) < 4.78 is 3.88. The summed E-state index contributed by atoms with van der Waals surface area (Å²) in [6.45, 7) is 2.10. The molecule has 1 unspecified atom stereocenters. The molecule has 2 rings (SSSR count). The third kappa shape index (κ3) is 2.44. The minimum atomic E-state index is -0.00916.